The zero-order valence-electron chi connectivity index (χ0n) is 18.9. The van der Waals surface area contributed by atoms with Gasteiger partial charge in [-0.05, 0) is 66.8 Å². The van der Waals surface area contributed by atoms with E-state index in [1.165, 1.54) is 22.3 Å². The van der Waals surface area contributed by atoms with E-state index in [4.69, 9.17) is 4.99 Å². The molecule has 3 heterocycles. The van der Waals surface area contributed by atoms with Crippen molar-refractivity contribution in [2.45, 2.75) is 33.6 Å². The molecule has 0 spiro atoms. The van der Waals surface area contributed by atoms with E-state index in [1.54, 1.807) is 0 Å². The molecule has 2 aromatic heterocycles. The Kier molecular flexibility index (Phi) is 6.81. The lowest BCUT2D eigenvalue weighted by atomic mass is 10.0. The summed E-state index contributed by atoms with van der Waals surface area (Å²) in [4.78, 5) is 18.1. The summed E-state index contributed by atoms with van der Waals surface area (Å²) >= 11 is 0. The lowest BCUT2D eigenvalue weighted by Gasteiger charge is -2.06. The number of nitrogens with zero attached hydrogens (tertiary/aromatic N) is 4. The average molecular weight is 421 g/mol. The van der Waals surface area contributed by atoms with Crippen molar-refractivity contribution in [3.05, 3.63) is 95.6 Å². The van der Waals surface area contributed by atoms with Gasteiger partial charge >= 0.3 is 0 Å². The summed E-state index contributed by atoms with van der Waals surface area (Å²) in [5, 5.41) is 0. The highest BCUT2D eigenvalue weighted by molar-refractivity contribution is 6.09. The van der Waals surface area contributed by atoms with Crippen molar-refractivity contribution in [3.63, 3.8) is 0 Å². The van der Waals surface area contributed by atoms with Crippen LogP contribution in [-0.4, -0.2) is 28.4 Å². The highest BCUT2D eigenvalue weighted by Gasteiger charge is 2.05. The fourth-order valence-corrected chi connectivity index (χ4v) is 3.66. The van der Waals surface area contributed by atoms with Crippen LogP contribution in [0.5, 0.6) is 0 Å². The Bertz CT molecular complexity index is 1200. The van der Waals surface area contributed by atoms with Crippen LogP contribution in [0.3, 0.4) is 0 Å². The maximum Gasteiger partial charge on any atom is 0.0812 e. The second-order valence-corrected chi connectivity index (χ2v) is 8.08. The smallest absolute Gasteiger partial charge is 0.0812 e. The third-order valence-corrected chi connectivity index (χ3v) is 5.48. The lowest BCUT2D eigenvalue weighted by Crippen LogP contribution is -1.97. The number of benzene rings is 1. The van der Waals surface area contributed by atoms with Gasteiger partial charge in [0.2, 0.25) is 0 Å². The molecule has 4 heteroatoms. The minimum absolute atomic E-state index is 0.765. The standard InChI is InChI=1S/C28H28N4/c1-4-22-5-10-26(18-29-17-22)28-12-11-27(19-31-28)32-21(3)15-23-6-8-24(9-7-23)25-13-14-30-20(2)16-25/h5-14,16,18-19H,4,15,17H2,1-3H3. The third kappa shape index (κ3) is 5.52. The summed E-state index contributed by atoms with van der Waals surface area (Å²) in [6.45, 7) is 7.00. The fraction of sp³-hybridized carbons (Fsp3) is 0.214. The number of aliphatic imine (C=N–C) groups is 2. The molecule has 0 bridgehead atoms. The molecule has 4 rings (SSSR count). The maximum atomic E-state index is 4.76. The number of hydrogen-bond donors (Lipinski definition) is 0. The molecule has 3 aromatic rings. The Morgan fingerprint density at radius 3 is 2.53 bits per heavy atom. The van der Waals surface area contributed by atoms with Crippen LogP contribution in [0.1, 0.15) is 37.2 Å². The van der Waals surface area contributed by atoms with Gasteiger partial charge < -0.3 is 0 Å². The van der Waals surface area contributed by atoms with Gasteiger partial charge in [-0.25, -0.2) is 0 Å². The molecule has 0 radical (unpaired) electrons. The van der Waals surface area contributed by atoms with Gasteiger partial charge in [0, 0.05) is 35.8 Å². The van der Waals surface area contributed by atoms with Crippen LogP contribution < -0.4 is 0 Å². The zero-order chi connectivity index (χ0) is 22.3. The highest BCUT2D eigenvalue weighted by atomic mass is 14.8. The molecule has 160 valence electrons. The third-order valence-electron chi connectivity index (χ3n) is 5.48. The minimum atomic E-state index is 0.765. The van der Waals surface area contributed by atoms with Gasteiger partial charge in [0.15, 0.2) is 0 Å². The second kappa shape index (κ2) is 10.1. The molecule has 1 aliphatic rings. The number of hydrogen-bond acceptors (Lipinski definition) is 4. The Morgan fingerprint density at radius 2 is 1.81 bits per heavy atom. The van der Waals surface area contributed by atoms with E-state index in [1.807, 2.05) is 43.7 Å². The van der Waals surface area contributed by atoms with E-state index in [0.29, 0.717) is 0 Å². The van der Waals surface area contributed by atoms with Gasteiger partial charge in [-0.2, -0.15) is 0 Å². The summed E-state index contributed by atoms with van der Waals surface area (Å²) in [5.74, 6) is 0. The van der Waals surface area contributed by atoms with Crippen molar-refractivity contribution in [2.75, 3.05) is 6.54 Å². The van der Waals surface area contributed by atoms with Crippen LogP contribution in [0, 0.1) is 6.92 Å². The summed E-state index contributed by atoms with van der Waals surface area (Å²) < 4.78 is 0. The van der Waals surface area contributed by atoms with Crippen LogP contribution in [0.2, 0.25) is 0 Å². The first-order valence-corrected chi connectivity index (χ1v) is 11.0. The molecule has 0 unspecified atom stereocenters. The minimum Gasteiger partial charge on any atom is -0.288 e. The summed E-state index contributed by atoms with van der Waals surface area (Å²) in [5.41, 5.74) is 9.86. The largest absolute Gasteiger partial charge is 0.288 e. The van der Waals surface area contributed by atoms with Crippen LogP contribution in [0.15, 0.2) is 88.6 Å². The molecule has 0 saturated carbocycles. The summed E-state index contributed by atoms with van der Waals surface area (Å²) in [6, 6.07) is 16.8. The topological polar surface area (TPSA) is 50.5 Å². The SMILES string of the molecule is CCC1=CC=C(c2ccc(N=C(C)Cc3ccc(-c4ccnc(C)c4)cc3)cn2)C=NC1. The predicted octanol–water partition coefficient (Wildman–Crippen LogP) is 6.59. The molecule has 1 aliphatic heterocycles. The second-order valence-electron chi connectivity index (χ2n) is 8.08. The van der Waals surface area contributed by atoms with Crippen molar-refractivity contribution in [2.24, 2.45) is 9.98 Å². The molecule has 0 saturated heterocycles. The van der Waals surface area contributed by atoms with Gasteiger partial charge in [-0.3, -0.25) is 20.0 Å². The van der Waals surface area contributed by atoms with Crippen molar-refractivity contribution in [3.8, 4) is 11.1 Å². The molecule has 0 aliphatic carbocycles. The normalized spacial score (nSPS) is 14.0. The highest BCUT2D eigenvalue weighted by Crippen LogP contribution is 2.21. The molecule has 0 amide bonds. The number of pyridine rings is 2. The number of aryl methyl sites for hydroxylation is 1. The van der Waals surface area contributed by atoms with Crippen LogP contribution >= 0.6 is 0 Å². The first kappa shape index (κ1) is 21.6. The fourth-order valence-electron chi connectivity index (χ4n) is 3.66. The lowest BCUT2D eigenvalue weighted by molar-refractivity contribution is 1.01. The quantitative estimate of drug-likeness (QED) is 0.422. The molecule has 0 N–H and O–H groups in total. The number of allylic oxidation sites excluding steroid dienone is 3. The molecular formula is C28H28N4. The van der Waals surface area contributed by atoms with Crippen molar-refractivity contribution >= 4 is 23.2 Å². The molecule has 32 heavy (non-hydrogen) atoms. The monoisotopic (exact) mass is 420 g/mol. The Balaban J connectivity index is 1.43. The molecule has 0 fully saturated rings. The van der Waals surface area contributed by atoms with Crippen molar-refractivity contribution in [1.29, 1.82) is 0 Å². The molecular weight excluding hydrogens is 392 g/mol. The molecule has 4 nitrogen and oxygen atoms in total. The van der Waals surface area contributed by atoms with E-state index in [9.17, 15) is 0 Å². The van der Waals surface area contributed by atoms with Gasteiger partial charge in [0.1, 0.15) is 0 Å². The average Bonchev–Trinajstić information content (AvgIpc) is 3.06. The van der Waals surface area contributed by atoms with Crippen LogP contribution in [-0.2, 0) is 6.42 Å². The first-order chi connectivity index (χ1) is 15.6. The zero-order valence-corrected chi connectivity index (χ0v) is 18.9. The Hall–Kier alpha value is -3.66. The maximum absolute atomic E-state index is 4.76. The first-order valence-electron chi connectivity index (χ1n) is 11.0. The van der Waals surface area contributed by atoms with E-state index in [-0.39, 0.29) is 0 Å². The van der Waals surface area contributed by atoms with Crippen molar-refractivity contribution < 1.29 is 0 Å². The van der Waals surface area contributed by atoms with Gasteiger partial charge in [-0.15, -0.1) is 0 Å². The number of rotatable bonds is 6. The van der Waals surface area contributed by atoms with Gasteiger partial charge in [-0.1, -0.05) is 43.3 Å². The van der Waals surface area contributed by atoms with E-state index in [0.717, 1.165) is 47.7 Å². The summed E-state index contributed by atoms with van der Waals surface area (Å²) in [7, 11) is 0. The van der Waals surface area contributed by atoms with E-state index in [2.05, 4.69) is 71.3 Å². The van der Waals surface area contributed by atoms with E-state index < -0.39 is 0 Å². The predicted molar refractivity (Wildman–Crippen MR) is 135 cm³/mol. The van der Waals surface area contributed by atoms with Crippen LogP contribution in [0.25, 0.3) is 16.7 Å². The number of aromatic nitrogens is 2. The van der Waals surface area contributed by atoms with E-state index >= 15 is 0 Å². The van der Waals surface area contributed by atoms with Gasteiger partial charge in [0.25, 0.3) is 0 Å². The van der Waals surface area contributed by atoms with Crippen molar-refractivity contribution in [1.82, 2.24) is 9.97 Å². The molecule has 0 atom stereocenters. The Morgan fingerprint density at radius 1 is 0.969 bits per heavy atom. The summed E-state index contributed by atoms with van der Waals surface area (Å²) in [6.07, 6.45) is 11.7. The molecule has 1 aromatic carbocycles. The van der Waals surface area contributed by atoms with Crippen LogP contribution in [0.4, 0.5) is 5.69 Å². The Labute approximate surface area is 190 Å². The van der Waals surface area contributed by atoms with Gasteiger partial charge in [0.05, 0.1) is 24.1 Å².